The Bertz CT molecular complexity index is 1210. The molecule has 2 aliphatic heterocycles. The van der Waals surface area contributed by atoms with Crippen LogP contribution in [0.15, 0.2) is 65.8 Å². The van der Waals surface area contributed by atoms with Crippen molar-refractivity contribution >= 4 is 34.4 Å². The summed E-state index contributed by atoms with van der Waals surface area (Å²) in [5.74, 6) is -0.464. The Morgan fingerprint density at radius 1 is 0.879 bits per heavy atom. The Labute approximate surface area is 197 Å². The minimum Gasteiger partial charge on any atom is -0.368 e. The Balaban J connectivity index is 1.42. The second kappa shape index (κ2) is 8.83. The molecule has 6 nitrogen and oxygen atoms in total. The second-order valence-electron chi connectivity index (χ2n) is 8.41. The summed E-state index contributed by atoms with van der Waals surface area (Å²) in [7, 11) is 0. The molecule has 2 aromatic heterocycles. The van der Waals surface area contributed by atoms with E-state index >= 15 is 0 Å². The predicted octanol–water partition coefficient (Wildman–Crippen LogP) is 3.86. The number of benzene rings is 1. The van der Waals surface area contributed by atoms with Gasteiger partial charge in [-0.05, 0) is 54.6 Å². The van der Waals surface area contributed by atoms with Crippen molar-refractivity contribution in [3.8, 4) is 0 Å². The van der Waals surface area contributed by atoms with Crippen molar-refractivity contribution < 1.29 is 9.59 Å². The first kappa shape index (κ1) is 21.4. The van der Waals surface area contributed by atoms with E-state index in [2.05, 4.69) is 46.8 Å². The summed E-state index contributed by atoms with van der Waals surface area (Å²) in [6, 6.07) is 15.8. The molecular formula is C26H26N4O2S. The number of imide groups is 1. The summed E-state index contributed by atoms with van der Waals surface area (Å²) in [4.78, 5) is 37.9. The van der Waals surface area contributed by atoms with E-state index in [1.165, 1.54) is 33.1 Å². The monoisotopic (exact) mass is 458 g/mol. The lowest BCUT2D eigenvalue weighted by molar-refractivity contribution is -0.138. The van der Waals surface area contributed by atoms with Gasteiger partial charge >= 0.3 is 0 Å². The van der Waals surface area contributed by atoms with E-state index in [1.54, 1.807) is 6.20 Å². The van der Waals surface area contributed by atoms with Crippen molar-refractivity contribution in [1.82, 2.24) is 14.8 Å². The highest BCUT2D eigenvalue weighted by atomic mass is 32.1. The maximum atomic E-state index is 13.5. The third-order valence-corrected chi connectivity index (χ3v) is 7.36. The SMILES string of the molecule is Cc1cccc(N2CCN(C3=C(c4cccs4)C(=O)N(Cc4ccccn4)C3=O)CC2)c1C. The molecule has 7 heteroatoms. The van der Waals surface area contributed by atoms with E-state index in [4.69, 9.17) is 0 Å². The van der Waals surface area contributed by atoms with Crippen LogP contribution in [-0.4, -0.2) is 52.8 Å². The van der Waals surface area contributed by atoms with Crippen molar-refractivity contribution in [2.75, 3.05) is 31.1 Å². The van der Waals surface area contributed by atoms with Crippen LogP contribution in [0.25, 0.3) is 5.57 Å². The lowest BCUT2D eigenvalue weighted by atomic mass is 10.1. The summed E-state index contributed by atoms with van der Waals surface area (Å²) >= 11 is 1.49. The normalized spacial score (nSPS) is 16.8. The first-order chi connectivity index (χ1) is 16.0. The highest BCUT2D eigenvalue weighted by Crippen LogP contribution is 2.35. The van der Waals surface area contributed by atoms with Crippen LogP contribution >= 0.6 is 11.3 Å². The molecular weight excluding hydrogens is 432 g/mol. The number of piperazine rings is 1. The number of thiophene rings is 1. The van der Waals surface area contributed by atoms with E-state index < -0.39 is 0 Å². The van der Waals surface area contributed by atoms with Gasteiger partial charge in [0.05, 0.1) is 17.8 Å². The van der Waals surface area contributed by atoms with Crippen LogP contribution in [0.2, 0.25) is 0 Å². The van der Waals surface area contributed by atoms with Crippen LogP contribution in [0.4, 0.5) is 5.69 Å². The molecule has 0 bridgehead atoms. The average molecular weight is 459 g/mol. The van der Waals surface area contributed by atoms with Gasteiger partial charge in [0, 0.05) is 42.9 Å². The molecule has 33 heavy (non-hydrogen) atoms. The summed E-state index contributed by atoms with van der Waals surface area (Å²) < 4.78 is 0. The summed E-state index contributed by atoms with van der Waals surface area (Å²) in [5, 5.41) is 1.94. The highest BCUT2D eigenvalue weighted by Gasteiger charge is 2.42. The van der Waals surface area contributed by atoms with Gasteiger partial charge in [-0.15, -0.1) is 11.3 Å². The molecule has 0 N–H and O–H groups in total. The van der Waals surface area contributed by atoms with Gasteiger partial charge in [-0.25, -0.2) is 0 Å². The van der Waals surface area contributed by atoms with Gasteiger partial charge in [-0.3, -0.25) is 19.5 Å². The van der Waals surface area contributed by atoms with Gasteiger partial charge in [-0.2, -0.15) is 0 Å². The first-order valence-electron chi connectivity index (χ1n) is 11.1. The number of anilines is 1. The van der Waals surface area contributed by atoms with Gasteiger partial charge in [0.15, 0.2) is 0 Å². The Kier molecular flexibility index (Phi) is 5.72. The number of aromatic nitrogens is 1. The van der Waals surface area contributed by atoms with E-state index in [1.807, 2.05) is 35.7 Å². The predicted molar refractivity (Wildman–Crippen MR) is 131 cm³/mol. The number of carbonyl (C=O) groups is 2. The number of carbonyl (C=O) groups excluding carboxylic acids is 2. The molecule has 0 radical (unpaired) electrons. The van der Waals surface area contributed by atoms with Crippen molar-refractivity contribution in [3.05, 3.63) is 87.5 Å². The van der Waals surface area contributed by atoms with Crippen molar-refractivity contribution in [3.63, 3.8) is 0 Å². The number of hydrogen-bond donors (Lipinski definition) is 0. The zero-order chi connectivity index (χ0) is 22.9. The molecule has 3 aromatic rings. The third kappa shape index (κ3) is 3.93. The average Bonchev–Trinajstić information content (AvgIpc) is 3.44. The van der Waals surface area contributed by atoms with E-state index in [9.17, 15) is 9.59 Å². The standard InChI is InChI=1S/C26H26N4O2S/c1-18-7-5-9-21(19(18)2)28-12-14-29(15-13-28)24-23(22-10-6-16-33-22)25(31)30(26(24)32)17-20-8-3-4-11-27-20/h3-11,16H,12-15,17H2,1-2H3. The quantitative estimate of drug-likeness (QED) is 0.544. The zero-order valence-corrected chi connectivity index (χ0v) is 19.6. The number of hydrogen-bond acceptors (Lipinski definition) is 6. The number of rotatable bonds is 5. The molecule has 5 rings (SSSR count). The maximum Gasteiger partial charge on any atom is 0.278 e. The lowest BCUT2D eigenvalue weighted by Crippen LogP contribution is -2.47. The van der Waals surface area contributed by atoms with Gasteiger partial charge in [-0.1, -0.05) is 24.3 Å². The largest absolute Gasteiger partial charge is 0.368 e. The van der Waals surface area contributed by atoms with Crippen LogP contribution in [0.5, 0.6) is 0 Å². The maximum absolute atomic E-state index is 13.5. The topological polar surface area (TPSA) is 56.8 Å². The molecule has 168 valence electrons. The summed E-state index contributed by atoms with van der Waals surface area (Å²) in [6.07, 6.45) is 1.68. The first-order valence-corrected chi connectivity index (χ1v) is 12.0. The summed E-state index contributed by atoms with van der Waals surface area (Å²) in [6.45, 7) is 7.44. The van der Waals surface area contributed by atoms with Crippen molar-refractivity contribution in [2.24, 2.45) is 0 Å². The van der Waals surface area contributed by atoms with Crippen LogP contribution < -0.4 is 4.90 Å². The molecule has 0 atom stereocenters. The minimum absolute atomic E-state index is 0.180. The molecule has 2 amide bonds. The fourth-order valence-electron chi connectivity index (χ4n) is 4.55. The smallest absolute Gasteiger partial charge is 0.278 e. The van der Waals surface area contributed by atoms with E-state index in [0.29, 0.717) is 30.1 Å². The summed E-state index contributed by atoms with van der Waals surface area (Å²) in [5.41, 5.74) is 5.56. The second-order valence-corrected chi connectivity index (χ2v) is 9.36. The third-order valence-electron chi connectivity index (χ3n) is 6.47. The Morgan fingerprint density at radius 3 is 2.36 bits per heavy atom. The molecule has 1 fully saturated rings. The van der Waals surface area contributed by atoms with E-state index in [-0.39, 0.29) is 18.4 Å². The fourth-order valence-corrected chi connectivity index (χ4v) is 5.31. The van der Waals surface area contributed by atoms with E-state index in [0.717, 1.165) is 18.0 Å². The van der Waals surface area contributed by atoms with Crippen LogP contribution in [0, 0.1) is 13.8 Å². The van der Waals surface area contributed by atoms with Crippen LogP contribution in [0.3, 0.4) is 0 Å². The molecule has 1 saturated heterocycles. The number of amides is 2. The number of pyridine rings is 1. The van der Waals surface area contributed by atoms with Crippen LogP contribution in [-0.2, 0) is 16.1 Å². The zero-order valence-electron chi connectivity index (χ0n) is 18.8. The fraction of sp³-hybridized carbons (Fsp3) is 0.269. The number of nitrogens with zero attached hydrogens (tertiary/aromatic N) is 4. The molecule has 0 aliphatic carbocycles. The molecule has 2 aliphatic rings. The van der Waals surface area contributed by atoms with Gasteiger partial charge < -0.3 is 9.80 Å². The molecule has 0 saturated carbocycles. The van der Waals surface area contributed by atoms with Crippen molar-refractivity contribution in [1.29, 1.82) is 0 Å². The lowest BCUT2D eigenvalue weighted by Gasteiger charge is -2.38. The molecule has 1 aromatic carbocycles. The molecule has 0 unspecified atom stereocenters. The number of aryl methyl sites for hydroxylation is 1. The highest BCUT2D eigenvalue weighted by molar-refractivity contribution is 7.11. The Hall–Kier alpha value is -3.45. The minimum atomic E-state index is -0.236. The molecule has 0 spiro atoms. The molecule has 4 heterocycles. The van der Waals surface area contributed by atoms with Crippen LogP contribution in [0.1, 0.15) is 21.7 Å². The van der Waals surface area contributed by atoms with Gasteiger partial charge in [0.2, 0.25) is 0 Å². The Morgan fingerprint density at radius 2 is 1.67 bits per heavy atom. The van der Waals surface area contributed by atoms with Crippen molar-refractivity contribution in [2.45, 2.75) is 20.4 Å². The van der Waals surface area contributed by atoms with Gasteiger partial charge in [0.25, 0.3) is 11.8 Å². The van der Waals surface area contributed by atoms with Gasteiger partial charge in [0.1, 0.15) is 5.70 Å².